The van der Waals surface area contributed by atoms with Crippen LogP contribution in [0.4, 0.5) is 10.9 Å². The van der Waals surface area contributed by atoms with Gasteiger partial charge in [0.15, 0.2) is 5.13 Å². The predicted molar refractivity (Wildman–Crippen MR) is 86.1 cm³/mol. The van der Waals surface area contributed by atoms with Crippen LogP contribution in [-0.2, 0) is 0 Å². The Morgan fingerprint density at radius 1 is 1.30 bits per heavy atom. The van der Waals surface area contributed by atoms with Gasteiger partial charge in [0.2, 0.25) is 0 Å². The van der Waals surface area contributed by atoms with E-state index in [2.05, 4.69) is 31.2 Å². The van der Waals surface area contributed by atoms with Crippen molar-refractivity contribution in [3.8, 4) is 5.75 Å². The zero-order valence-electron chi connectivity index (χ0n) is 11.0. The van der Waals surface area contributed by atoms with Gasteiger partial charge in [0.05, 0.1) is 17.3 Å². The summed E-state index contributed by atoms with van der Waals surface area (Å²) < 4.78 is 7.28. The average Bonchev–Trinajstić information content (AvgIpc) is 2.83. The van der Waals surface area contributed by atoms with E-state index in [9.17, 15) is 0 Å². The Hall–Kier alpha value is -1.66. The third kappa shape index (κ3) is 2.62. The van der Waals surface area contributed by atoms with E-state index in [1.54, 1.807) is 24.6 Å². The van der Waals surface area contributed by atoms with Crippen molar-refractivity contribution in [3.05, 3.63) is 40.5 Å². The molecule has 2 aromatic heterocycles. The number of ether oxygens (including phenoxy) is 1. The maximum Gasteiger partial charge on any atom is 0.189 e. The number of nitrogens with one attached hydrogen (secondary N) is 1. The summed E-state index contributed by atoms with van der Waals surface area (Å²) in [5.41, 5.74) is 2.02. The molecule has 0 bridgehead atoms. The first kappa shape index (κ1) is 13.3. The molecular formula is C14H12BrN3OS. The number of benzene rings is 1. The molecule has 0 radical (unpaired) electrons. The smallest absolute Gasteiger partial charge is 0.189 e. The van der Waals surface area contributed by atoms with Crippen molar-refractivity contribution in [2.75, 3.05) is 12.4 Å². The molecule has 3 rings (SSSR count). The lowest BCUT2D eigenvalue weighted by atomic mass is 10.3. The molecule has 0 aliphatic carbocycles. The Labute approximate surface area is 129 Å². The lowest BCUT2D eigenvalue weighted by Gasteiger charge is -2.05. The predicted octanol–water partition coefficient (Wildman–Crippen LogP) is 4.51. The fourth-order valence-electron chi connectivity index (χ4n) is 1.86. The number of fused-ring (bicyclic) bond motifs is 1. The summed E-state index contributed by atoms with van der Waals surface area (Å²) in [7, 11) is 1.66. The van der Waals surface area contributed by atoms with Crippen molar-refractivity contribution in [3.63, 3.8) is 0 Å². The maximum absolute atomic E-state index is 5.22. The summed E-state index contributed by atoms with van der Waals surface area (Å²) in [6.45, 7) is 2.01. The van der Waals surface area contributed by atoms with Crippen LogP contribution < -0.4 is 10.1 Å². The quantitative estimate of drug-likeness (QED) is 0.755. The van der Waals surface area contributed by atoms with E-state index in [4.69, 9.17) is 4.74 Å². The molecule has 0 aliphatic heterocycles. The van der Waals surface area contributed by atoms with E-state index in [0.29, 0.717) is 0 Å². The number of methoxy groups -OCH3 is 1. The van der Waals surface area contributed by atoms with Gasteiger partial charge in [0, 0.05) is 10.7 Å². The fourth-order valence-corrected chi connectivity index (χ4v) is 3.20. The fraction of sp³-hybridized carbons (Fsp3) is 0.143. The van der Waals surface area contributed by atoms with Crippen molar-refractivity contribution < 1.29 is 4.74 Å². The molecule has 20 heavy (non-hydrogen) atoms. The van der Waals surface area contributed by atoms with Gasteiger partial charge in [0.25, 0.3) is 0 Å². The number of anilines is 2. The van der Waals surface area contributed by atoms with E-state index in [1.165, 1.54) is 0 Å². The van der Waals surface area contributed by atoms with Crippen molar-refractivity contribution in [1.82, 2.24) is 9.97 Å². The molecule has 0 amide bonds. The van der Waals surface area contributed by atoms with Crippen molar-refractivity contribution in [2.24, 2.45) is 0 Å². The minimum Gasteiger partial charge on any atom is -0.497 e. The SMILES string of the molecule is COc1ccc2nc(Nc3ncc(Br)cc3C)sc2c1. The molecule has 0 unspecified atom stereocenters. The van der Waals surface area contributed by atoms with Gasteiger partial charge in [-0.05, 0) is 52.7 Å². The van der Waals surface area contributed by atoms with Crippen LogP contribution in [0.25, 0.3) is 10.2 Å². The highest BCUT2D eigenvalue weighted by Gasteiger charge is 2.07. The summed E-state index contributed by atoms with van der Waals surface area (Å²) in [5, 5.41) is 4.09. The molecule has 0 atom stereocenters. The maximum atomic E-state index is 5.22. The molecule has 0 saturated heterocycles. The van der Waals surface area contributed by atoms with Crippen molar-refractivity contribution in [1.29, 1.82) is 0 Å². The number of pyridine rings is 1. The van der Waals surface area contributed by atoms with E-state index in [1.807, 2.05) is 31.2 Å². The van der Waals surface area contributed by atoms with E-state index in [-0.39, 0.29) is 0 Å². The van der Waals surface area contributed by atoms with Gasteiger partial charge < -0.3 is 10.1 Å². The van der Waals surface area contributed by atoms with Crippen LogP contribution in [0.5, 0.6) is 5.75 Å². The number of thiazole rings is 1. The lowest BCUT2D eigenvalue weighted by Crippen LogP contribution is -1.95. The zero-order chi connectivity index (χ0) is 14.1. The molecule has 0 spiro atoms. The van der Waals surface area contributed by atoms with Gasteiger partial charge in [-0.1, -0.05) is 11.3 Å². The molecule has 0 fully saturated rings. The number of rotatable bonds is 3. The summed E-state index contributed by atoms with van der Waals surface area (Å²) in [6, 6.07) is 7.87. The van der Waals surface area contributed by atoms with Gasteiger partial charge in [-0.2, -0.15) is 0 Å². The van der Waals surface area contributed by atoms with Crippen molar-refractivity contribution in [2.45, 2.75) is 6.92 Å². The monoisotopic (exact) mass is 349 g/mol. The molecule has 4 nitrogen and oxygen atoms in total. The van der Waals surface area contributed by atoms with Gasteiger partial charge in [0.1, 0.15) is 11.6 Å². The lowest BCUT2D eigenvalue weighted by molar-refractivity contribution is 0.415. The van der Waals surface area contributed by atoms with E-state index < -0.39 is 0 Å². The topological polar surface area (TPSA) is 47.0 Å². The molecule has 2 heterocycles. The molecule has 6 heteroatoms. The van der Waals surface area contributed by atoms with Crippen LogP contribution in [-0.4, -0.2) is 17.1 Å². The standard InChI is InChI=1S/C14H12BrN3OS/c1-8-5-9(15)7-16-13(8)18-14-17-11-4-3-10(19-2)6-12(11)20-14/h3-7H,1-2H3,(H,16,17,18). The van der Waals surface area contributed by atoms with Crippen molar-refractivity contribution >= 4 is 48.4 Å². The molecular weight excluding hydrogens is 338 g/mol. The van der Waals surface area contributed by atoms with Gasteiger partial charge in [-0.25, -0.2) is 9.97 Å². The summed E-state index contributed by atoms with van der Waals surface area (Å²) in [4.78, 5) is 8.91. The van der Waals surface area contributed by atoms with Crippen LogP contribution in [0.1, 0.15) is 5.56 Å². The Morgan fingerprint density at radius 2 is 2.15 bits per heavy atom. The first-order chi connectivity index (χ1) is 9.65. The van der Waals surface area contributed by atoms with Crippen LogP contribution in [0.2, 0.25) is 0 Å². The second-order valence-electron chi connectivity index (χ2n) is 4.30. The molecule has 102 valence electrons. The summed E-state index contributed by atoms with van der Waals surface area (Å²) in [6.07, 6.45) is 1.77. The number of aryl methyl sites for hydroxylation is 1. The second-order valence-corrected chi connectivity index (χ2v) is 6.24. The summed E-state index contributed by atoms with van der Waals surface area (Å²) in [5.74, 6) is 1.66. The number of aromatic nitrogens is 2. The first-order valence-electron chi connectivity index (χ1n) is 5.99. The molecule has 0 saturated carbocycles. The normalized spacial score (nSPS) is 10.8. The third-order valence-electron chi connectivity index (χ3n) is 2.87. The highest BCUT2D eigenvalue weighted by atomic mass is 79.9. The molecule has 3 aromatic rings. The van der Waals surface area contributed by atoms with Gasteiger partial charge in [-0.15, -0.1) is 0 Å². The van der Waals surface area contributed by atoms with Crippen LogP contribution in [0.3, 0.4) is 0 Å². The Balaban J connectivity index is 1.94. The highest BCUT2D eigenvalue weighted by Crippen LogP contribution is 2.31. The molecule has 0 aliphatic rings. The van der Waals surface area contributed by atoms with Gasteiger partial charge >= 0.3 is 0 Å². The number of halogens is 1. The second kappa shape index (κ2) is 5.38. The van der Waals surface area contributed by atoms with Gasteiger partial charge in [-0.3, -0.25) is 0 Å². The Kier molecular flexibility index (Phi) is 3.58. The van der Waals surface area contributed by atoms with E-state index >= 15 is 0 Å². The Morgan fingerprint density at radius 3 is 2.90 bits per heavy atom. The minimum absolute atomic E-state index is 0.819. The first-order valence-corrected chi connectivity index (χ1v) is 7.60. The number of nitrogens with zero attached hydrogens (tertiary/aromatic N) is 2. The van der Waals surface area contributed by atoms with Crippen LogP contribution in [0.15, 0.2) is 34.9 Å². The molecule has 1 aromatic carbocycles. The van der Waals surface area contributed by atoms with Crippen LogP contribution >= 0.6 is 27.3 Å². The minimum atomic E-state index is 0.819. The number of hydrogen-bond donors (Lipinski definition) is 1. The third-order valence-corrected chi connectivity index (χ3v) is 4.23. The Bertz CT molecular complexity index is 772. The number of hydrogen-bond acceptors (Lipinski definition) is 5. The highest BCUT2D eigenvalue weighted by molar-refractivity contribution is 9.10. The average molecular weight is 350 g/mol. The molecule has 1 N–H and O–H groups in total. The zero-order valence-corrected chi connectivity index (χ0v) is 13.4. The van der Waals surface area contributed by atoms with Crippen LogP contribution in [0, 0.1) is 6.92 Å². The summed E-state index contributed by atoms with van der Waals surface area (Å²) >= 11 is 4.99. The van der Waals surface area contributed by atoms with E-state index in [0.717, 1.165) is 37.0 Å². The largest absolute Gasteiger partial charge is 0.497 e.